The Labute approximate surface area is 170 Å². The van der Waals surface area contributed by atoms with Gasteiger partial charge in [0, 0.05) is 28.3 Å². The first-order valence-electron chi connectivity index (χ1n) is 9.49. The predicted molar refractivity (Wildman–Crippen MR) is 119 cm³/mol. The van der Waals surface area contributed by atoms with E-state index in [-0.39, 0.29) is 0 Å². The second-order valence-electron chi connectivity index (χ2n) is 6.62. The van der Waals surface area contributed by atoms with Gasteiger partial charge in [-0.15, -0.1) is 11.8 Å². The standard InChI is InChI=1S/C22H25N3S2/c1-4-24(5-2)12-13-25-19-11-10-17(26-3)15-20(19)27-21-14-16-8-6-7-9-18(16)23-22(21)25/h6-11,14-15H,4-5,12-13H2,1-3H3. The highest BCUT2D eigenvalue weighted by Crippen LogP contribution is 2.48. The third-order valence-corrected chi connectivity index (χ3v) is 6.93. The van der Waals surface area contributed by atoms with E-state index in [1.807, 2.05) is 11.8 Å². The van der Waals surface area contributed by atoms with E-state index in [1.165, 1.54) is 25.8 Å². The van der Waals surface area contributed by atoms with Crippen LogP contribution in [0.2, 0.25) is 0 Å². The van der Waals surface area contributed by atoms with Gasteiger partial charge in [0.05, 0.1) is 16.1 Å². The maximum atomic E-state index is 5.05. The van der Waals surface area contributed by atoms with Crippen molar-refractivity contribution in [1.82, 2.24) is 9.88 Å². The first-order valence-corrected chi connectivity index (χ1v) is 11.5. The van der Waals surface area contributed by atoms with E-state index >= 15 is 0 Å². The number of para-hydroxylation sites is 1. The number of anilines is 2. The van der Waals surface area contributed by atoms with Crippen LogP contribution in [0.4, 0.5) is 11.5 Å². The number of benzene rings is 2. The molecule has 4 rings (SSSR count). The molecule has 0 N–H and O–H groups in total. The zero-order valence-corrected chi connectivity index (χ0v) is 17.7. The molecule has 0 fully saturated rings. The second-order valence-corrected chi connectivity index (χ2v) is 8.58. The zero-order chi connectivity index (χ0) is 18.8. The minimum absolute atomic E-state index is 0.951. The van der Waals surface area contributed by atoms with Crippen molar-refractivity contribution in [3.63, 3.8) is 0 Å². The number of hydrogen-bond acceptors (Lipinski definition) is 5. The molecule has 1 aliphatic heterocycles. The fraction of sp³-hybridized carbons (Fsp3) is 0.318. The lowest BCUT2D eigenvalue weighted by Gasteiger charge is -2.33. The summed E-state index contributed by atoms with van der Waals surface area (Å²) in [7, 11) is 0. The summed E-state index contributed by atoms with van der Waals surface area (Å²) in [4.78, 5) is 13.8. The summed E-state index contributed by atoms with van der Waals surface area (Å²) >= 11 is 3.64. The van der Waals surface area contributed by atoms with Crippen LogP contribution < -0.4 is 4.90 Å². The summed E-state index contributed by atoms with van der Waals surface area (Å²) in [6, 6.07) is 17.5. The van der Waals surface area contributed by atoms with Crippen molar-refractivity contribution < 1.29 is 0 Å². The number of thioether (sulfide) groups is 1. The molecule has 3 nitrogen and oxygen atoms in total. The summed E-state index contributed by atoms with van der Waals surface area (Å²) in [6.45, 7) is 8.61. The van der Waals surface area contributed by atoms with Crippen molar-refractivity contribution >= 4 is 45.9 Å². The molecule has 1 aromatic heterocycles. The topological polar surface area (TPSA) is 19.4 Å². The van der Waals surface area contributed by atoms with Gasteiger partial charge in [0.15, 0.2) is 0 Å². The third-order valence-electron chi connectivity index (χ3n) is 5.14. The van der Waals surface area contributed by atoms with Crippen LogP contribution in [0, 0.1) is 0 Å². The van der Waals surface area contributed by atoms with E-state index in [9.17, 15) is 0 Å². The van der Waals surface area contributed by atoms with Crippen molar-refractivity contribution in [3.8, 4) is 0 Å². The maximum absolute atomic E-state index is 5.05. The lowest BCUT2D eigenvalue weighted by Crippen LogP contribution is -2.34. The van der Waals surface area contributed by atoms with Crippen molar-refractivity contribution in [2.45, 2.75) is 28.5 Å². The van der Waals surface area contributed by atoms with Crippen LogP contribution in [0.5, 0.6) is 0 Å². The Kier molecular flexibility index (Phi) is 5.62. The minimum atomic E-state index is 0.951. The number of nitrogens with zero attached hydrogens (tertiary/aromatic N) is 3. The highest BCUT2D eigenvalue weighted by atomic mass is 32.2. The summed E-state index contributed by atoms with van der Waals surface area (Å²) < 4.78 is 0. The van der Waals surface area contributed by atoms with Crippen LogP contribution in [0.15, 0.2) is 63.2 Å². The summed E-state index contributed by atoms with van der Waals surface area (Å²) in [5.74, 6) is 1.09. The second kappa shape index (κ2) is 8.13. The maximum Gasteiger partial charge on any atom is 0.147 e. The van der Waals surface area contributed by atoms with Gasteiger partial charge in [0.1, 0.15) is 5.82 Å². The van der Waals surface area contributed by atoms with Crippen LogP contribution in [-0.2, 0) is 0 Å². The highest BCUT2D eigenvalue weighted by molar-refractivity contribution is 8.00. The molecule has 5 heteroatoms. The Hall–Kier alpha value is -1.69. The smallest absolute Gasteiger partial charge is 0.147 e. The minimum Gasteiger partial charge on any atom is -0.323 e. The van der Waals surface area contributed by atoms with Gasteiger partial charge in [0.2, 0.25) is 0 Å². The van der Waals surface area contributed by atoms with Gasteiger partial charge in [-0.25, -0.2) is 4.98 Å². The molecule has 0 spiro atoms. The van der Waals surface area contributed by atoms with Gasteiger partial charge < -0.3 is 9.80 Å². The number of hydrogen-bond donors (Lipinski definition) is 0. The Bertz CT molecular complexity index is 953. The molecule has 2 heterocycles. The van der Waals surface area contributed by atoms with Crippen LogP contribution in [0.25, 0.3) is 10.9 Å². The highest BCUT2D eigenvalue weighted by Gasteiger charge is 2.25. The molecule has 0 radical (unpaired) electrons. The van der Waals surface area contributed by atoms with Gasteiger partial charge in [-0.1, -0.05) is 43.8 Å². The average molecular weight is 396 g/mol. The number of likely N-dealkylation sites (N-methyl/N-ethyl adjacent to an activating group) is 1. The lowest BCUT2D eigenvalue weighted by molar-refractivity contribution is 0.312. The van der Waals surface area contributed by atoms with Crippen molar-refractivity contribution in [2.24, 2.45) is 0 Å². The van der Waals surface area contributed by atoms with E-state index < -0.39 is 0 Å². The number of fused-ring (bicyclic) bond motifs is 3. The number of rotatable bonds is 6. The van der Waals surface area contributed by atoms with Crippen LogP contribution in [-0.4, -0.2) is 42.3 Å². The predicted octanol–water partition coefficient (Wildman–Crippen LogP) is 5.90. The largest absolute Gasteiger partial charge is 0.323 e. The first kappa shape index (κ1) is 18.7. The molecule has 0 bridgehead atoms. The third kappa shape index (κ3) is 3.68. The first-order chi connectivity index (χ1) is 13.2. The van der Waals surface area contributed by atoms with Crippen LogP contribution in [0.1, 0.15) is 13.8 Å². The average Bonchev–Trinajstić information content (AvgIpc) is 2.71. The van der Waals surface area contributed by atoms with Gasteiger partial charge in [-0.3, -0.25) is 0 Å². The van der Waals surface area contributed by atoms with Gasteiger partial charge in [0.25, 0.3) is 0 Å². The summed E-state index contributed by atoms with van der Waals surface area (Å²) in [5, 5.41) is 1.21. The molecule has 0 saturated heterocycles. The Morgan fingerprint density at radius 2 is 1.85 bits per heavy atom. The van der Waals surface area contributed by atoms with Crippen molar-refractivity contribution in [3.05, 3.63) is 48.5 Å². The van der Waals surface area contributed by atoms with Crippen LogP contribution in [0.3, 0.4) is 0 Å². The Morgan fingerprint density at radius 1 is 1.04 bits per heavy atom. The molecular formula is C22H25N3S2. The van der Waals surface area contributed by atoms with E-state index in [1.54, 1.807) is 11.8 Å². The van der Waals surface area contributed by atoms with Gasteiger partial charge in [-0.05, 0) is 49.7 Å². The summed E-state index contributed by atoms with van der Waals surface area (Å²) in [6.07, 6.45) is 2.14. The van der Waals surface area contributed by atoms with Gasteiger partial charge in [-0.2, -0.15) is 0 Å². The molecule has 0 amide bonds. The normalized spacial score (nSPS) is 13.1. The molecule has 0 saturated carbocycles. The lowest BCUT2D eigenvalue weighted by atomic mass is 10.2. The number of aromatic nitrogens is 1. The van der Waals surface area contributed by atoms with E-state index in [4.69, 9.17) is 4.98 Å². The molecule has 0 aliphatic carbocycles. The SMILES string of the molecule is CCN(CC)CCN1c2ccc(SC)cc2Sc2cc3ccccc3nc21. The quantitative estimate of drug-likeness (QED) is 0.482. The van der Waals surface area contributed by atoms with Crippen LogP contribution >= 0.6 is 23.5 Å². The van der Waals surface area contributed by atoms with E-state index in [2.05, 4.69) is 78.4 Å². The Morgan fingerprint density at radius 3 is 2.63 bits per heavy atom. The summed E-state index contributed by atoms with van der Waals surface area (Å²) in [5.41, 5.74) is 2.34. The Balaban J connectivity index is 1.79. The molecule has 0 atom stereocenters. The zero-order valence-electron chi connectivity index (χ0n) is 16.1. The molecule has 1 aliphatic rings. The molecular weight excluding hydrogens is 370 g/mol. The fourth-order valence-corrected chi connectivity index (χ4v) is 5.17. The van der Waals surface area contributed by atoms with Crippen molar-refractivity contribution in [1.29, 1.82) is 0 Å². The van der Waals surface area contributed by atoms with E-state index in [0.717, 1.165) is 37.5 Å². The molecule has 0 unspecified atom stereocenters. The molecule has 2 aromatic carbocycles. The molecule has 27 heavy (non-hydrogen) atoms. The fourth-order valence-electron chi connectivity index (χ4n) is 3.52. The monoisotopic (exact) mass is 395 g/mol. The van der Waals surface area contributed by atoms with E-state index in [0.29, 0.717) is 0 Å². The number of pyridine rings is 1. The molecule has 140 valence electrons. The molecule has 3 aromatic rings. The van der Waals surface area contributed by atoms with Crippen molar-refractivity contribution in [2.75, 3.05) is 37.3 Å². The van der Waals surface area contributed by atoms with Gasteiger partial charge >= 0.3 is 0 Å².